The fourth-order valence-electron chi connectivity index (χ4n) is 2.85. The highest BCUT2D eigenvalue weighted by atomic mass is 16.3. The minimum absolute atomic E-state index is 0.201. The van der Waals surface area contributed by atoms with E-state index in [2.05, 4.69) is 34.6 Å². The number of nitrogen functional groups attached to an aromatic ring is 1. The first-order valence-electron chi connectivity index (χ1n) is 7.37. The Bertz CT molecular complexity index is 438. The number of hydrogen-bond donors (Lipinski definition) is 4. The van der Waals surface area contributed by atoms with Gasteiger partial charge in [-0.15, -0.1) is 0 Å². The van der Waals surface area contributed by atoms with Crippen molar-refractivity contribution >= 4 is 11.6 Å². The predicted octanol–water partition coefficient (Wildman–Crippen LogP) is 1.85. The number of aliphatic hydroxyl groups is 1. The van der Waals surface area contributed by atoms with Crippen LogP contribution in [0.15, 0.2) is 6.33 Å². The van der Waals surface area contributed by atoms with Crippen molar-refractivity contribution in [3.05, 3.63) is 11.9 Å². The number of rotatable bonds is 5. The van der Waals surface area contributed by atoms with Gasteiger partial charge in [0.15, 0.2) is 0 Å². The molecule has 20 heavy (non-hydrogen) atoms. The zero-order chi connectivity index (χ0) is 14.5. The molecule has 1 aliphatic carbocycles. The van der Waals surface area contributed by atoms with Gasteiger partial charge < -0.3 is 15.8 Å². The van der Waals surface area contributed by atoms with Crippen LogP contribution in [0.2, 0.25) is 0 Å². The number of nitrogens with two attached hydrogens (primary N) is 1. The normalized spacial score (nSPS) is 22.9. The third kappa shape index (κ3) is 3.37. The molecule has 0 amide bonds. The van der Waals surface area contributed by atoms with Gasteiger partial charge >= 0.3 is 0 Å². The summed E-state index contributed by atoms with van der Waals surface area (Å²) in [5.41, 5.74) is 3.61. The van der Waals surface area contributed by atoms with Crippen molar-refractivity contribution < 1.29 is 5.11 Å². The molecule has 1 fully saturated rings. The van der Waals surface area contributed by atoms with Crippen LogP contribution in [0.1, 0.15) is 51.0 Å². The SMILES string of the molecule is CC(C)c1c(NN)ncnc1NCC1CCCCC1O. The van der Waals surface area contributed by atoms with Crippen LogP contribution in [-0.2, 0) is 0 Å². The molecule has 5 N–H and O–H groups in total. The molecule has 1 aromatic rings. The summed E-state index contributed by atoms with van der Waals surface area (Å²) in [6.07, 6.45) is 5.60. The molecule has 2 unspecified atom stereocenters. The second-order valence-electron chi connectivity index (χ2n) is 5.78. The summed E-state index contributed by atoms with van der Waals surface area (Å²) in [5, 5.41) is 13.4. The monoisotopic (exact) mass is 279 g/mol. The Morgan fingerprint density at radius 2 is 2.00 bits per heavy atom. The Hall–Kier alpha value is -1.40. The zero-order valence-corrected chi connectivity index (χ0v) is 12.3. The lowest BCUT2D eigenvalue weighted by Gasteiger charge is -2.28. The van der Waals surface area contributed by atoms with E-state index in [1.165, 1.54) is 12.7 Å². The molecule has 112 valence electrons. The summed E-state index contributed by atoms with van der Waals surface area (Å²) < 4.78 is 0. The van der Waals surface area contributed by atoms with E-state index in [9.17, 15) is 5.11 Å². The van der Waals surface area contributed by atoms with E-state index in [1.807, 2.05) is 0 Å². The second-order valence-corrected chi connectivity index (χ2v) is 5.78. The number of aromatic nitrogens is 2. The van der Waals surface area contributed by atoms with Crippen LogP contribution in [0.25, 0.3) is 0 Å². The lowest BCUT2D eigenvalue weighted by molar-refractivity contribution is 0.0763. The maximum Gasteiger partial charge on any atom is 0.148 e. The molecular formula is C14H25N5O. The van der Waals surface area contributed by atoms with Gasteiger partial charge in [0.05, 0.1) is 6.10 Å². The molecule has 0 bridgehead atoms. The van der Waals surface area contributed by atoms with Gasteiger partial charge in [-0.25, -0.2) is 15.8 Å². The van der Waals surface area contributed by atoms with Gasteiger partial charge in [-0.2, -0.15) is 0 Å². The Morgan fingerprint density at radius 3 is 2.65 bits per heavy atom. The van der Waals surface area contributed by atoms with Crippen molar-refractivity contribution in [2.75, 3.05) is 17.3 Å². The Morgan fingerprint density at radius 1 is 1.30 bits per heavy atom. The van der Waals surface area contributed by atoms with Crippen molar-refractivity contribution in [1.29, 1.82) is 0 Å². The fourth-order valence-corrected chi connectivity index (χ4v) is 2.85. The highest BCUT2D eigenvalue weighted by molar-refractivity contribution is 5.58. The third-order valence-corrected chi connectivity index (χ3v) is 4.00. The maximum atomic E-state index is 10.0. The highest BCUT2D eigenvalue weighted by Gasteiger charge is 2.23. The molecule has 1 aromatic heterocycles. The molecule has 0 spiro atoms. The van der Waals surface area contributed by atoms with Crippen LogP contribution in [-0.4, -0.2) is 27.7 Å². The molecule has 2 rings (SSSR count). The Balaban J connectivity index is 2.08. The van der Waals surface area contributed by atoms with Gasteiger partial charge in [-0.05, 0) is 18.8 Å². The number of nitrogens with zero attached hydrogens (tertiary/aromatic N) is 2. The molecule has 6 heteroatoms. The van der Waals surface area contributed by atoms with Crippen LogP contribution in [0.3, 0.4) is 0 Å². The topological polar surface area (TPSA) is 96.1 Å². The molecule has 0 aliphatic heterocycles. The minimum atomic E-state index is -0.201. The van der Waals surface area contributed by atoms with Crippen LogP contribution in [0.4, 0.5) is 11.6 Å². The zero-order valence-electron chi connectivity index (χ0n) is 12.3. The van der Waals surface area contributed by atoms with Gasteiger partial charge in [0.2, 0.25) is 0 Å². The number of hydrogen-bond acceptors (Lipinski definition) is 6. The molecule has 0 radical (unpaired) electrons. The van der Waals surface area contributed by atoms with Crippen molar-refractivity contribution in [2.45, 2.75) is 51.6 Å². The molecule has 1 saturated carbocycles. The summed E-state index contributed by atoms with van der Waals surface area (Å²) in [4.78, 5) is 8.47. The summed E-state index contributed by atoms with van der Waals surface area (Å²) >= 11 is 0. The fraction of sp³-hybridized carbons (Fsp3) is 0.714. The van der Waals surface area contributed by atoms with E-state index in [-0.39, 0.29) is 12.0 Å². The summed E-state index contributed by atoms with van der Waals surface area (Å²) in [6.45, 7) is 4.91. The first-order chi connectivity index (χ1) is 9.63. The molecule has 2 atom stereocenters. The van der Waals surface area contributed by atoms with E-state index in [4.69, 9.17) is 5.84 Å². The summed E-state index contributed by atoms with van der Waals surface area (Å²) in [7, 11) is 0. The highest BCUT2D eigenvalue weighted by Crippen LogP contribution is 2.29. The molecule has 0 saturated heterocycles. The quantitative estimate of drug-likeness (QED) is 0.485. The lowest BCUT2D eigenvalue weighted by atomic mass is 9.86. The third-order valence-electron chi connectivity index (χ3n) is 4.00. The van der Waals surface area contributed by atoms with Gasteiger partial charge in [-0.1, -0.05) is 26.7 Å². The Kier molecular flexibility index (Phi) is 5.14. The van der Waals surface area contributed by atoms with Crippen molar-refractivity contribution in [1.82, 2.24) is 9.97 Å². The molecular weight excluding hydrogens is 254 g/mol. The smallest absolute Gasteiger partial charge is 0.148 e. The lowest BCUT2D eigenvalue weighted by Crippen LogP contribution is -2.30. The van der Waals surface area contributed by atoms with Gasteiger partial charge in [0.1, 0.15) is 18.0 Å². The Labute approximate surface area is 120 Å². The van der Waals surface area contributed by atoms with E-state index < -0.39 is 0 Å². The van der Waals surface area contributed by atoms with E-state index in [0.29, 0.717) is 11.7 Å². The first kappa shape index (κ1) is 15.0. The van der Waals surface area contributed by atoms with E-state index in [0.717, 1.165) is 37.2 Å². The molecule has 6 nitrogen and oxygen atoms in total. The van der Waals surface area contributed by atoms with Crippen molar-refractivity contribution in [3.8, 4) is 0 Å². The summed E-state index contributed by atoms with van der Waals surface area (Å²) in [6, 6.07) is 0. The van der Waals surface area contributed by atoms with E-state index >= 15 is 0 Å². The maximum absolute atomic E-state index is 10.0. The average Bonchev–Trinajstić information content (AvgIpc) is 2.45. The van der Waals surface area contributed by atoms with E-state index in [1.54, 1.807) is 0 Å². The molecule has 1 heterocycles. The molecule has 0 aromatic carbocycles. The van der Waals surface area contributed by atoms with Crippen molar-refractivity contribution in [2.24, 2.45) is 11.8 Å². The number of hydrazine groups is 1. The number of nitrogens with one attached hydrogen (secondary N) is 2. The van der Waals surface area contributed by atoms with Gasteiger partial charge in [0.25, 0.3) is 0 Å². The van der Waals surface area contributed by atoms with Gasteiger partial charge in [-0.3, -0.25) is 0 Å². The van der Waals surface area contributed by atoms with Crippen molar-refractivity contribution in [3.63, 3.8) is 0 Å². The number of anilines is 2. The van der Waals surface area contributed by atoms with Crippen LogP contribution < -0.4 is 16.6 Å². The van der Waals surface area contributed by atoms with Crippen LogP contribution in [0, 0.1) is 5.92 Å². The second kappa shape index (κ2) is 6.85. The van der Waals surface area contributed by atoms with Crippen LogP contribution >= 0.6 is 0 Å². The molecule has 1 aliphatic rings. The summed E-state index contributed by atoms with van der Waals surface area (Å²) in [5.74, 6) is 7.53. The van der Waals surface area contributed by atoms with Crippen LogP contribution in [0.5, 0.6) is 0 Å². The minimum Gasteiger partial charge on any atom is -0.393 e. The largest absolute Gasteiger partial charge is 0.393 e. The first-order valence-corrected chi connectivity index (χ1v) is 7.37. The average molecular weight is 279 g/mol. The standard InChI is InChI=1S/C14H25N5O/c1-9(2)12-13(17-8-18-14(12)19-15)16-7-10-5-3-4-6-11(10)20/h8-11,20H,3-7,15H2,1-2H3,(H2,16,17,18,19). The predicted molar refractivity (Wildman–Crippen MR) is 80.4 cm³/mol. The number of aliphatic hydroxyl groups excluding tert-OH is 1. The van der Waals surface area contributed by atoms with Gasteiger partial charge in [0, 0.05) is 18.0 Å².